The molecule has 0 radical (unpaired) electrons. The van der Waals surface area contributed by atoms with E-state index < -0.39 is 18.3 Å². The molecule has 1 unspecified atom stereocenters. The van der Waals surface area contributed by atoms with Crippen molar-refractivity contribution in [3.8, 4) is 0 Å². The van der Waals surface area contributed by atoms with Gasteiger partial charge in [0.2, 0.25) is 0 Å². The number of hydrogen-bond acceptors (Lipinski definition) is 6. The molecule has 0 spiro atoms. The second-order valence-electron chi connectivity index (χ2n) is 9.68. The van der Waals surface area contributed by atoms with Gasteiger partial charge in [0.25, 0.3) is 5.91 Å². The molecule has 0 saturated carbocycles. The Hall–Kier alpha value is -2.75. The van der Waals surface area contributed by atoms with Gasteiger partial charge in [-0.15, -0.1) is 0 Å². The van der Waals surface area contributed by atoms with Crippen LogP contribution in [0.3, 0.4) is 0 Å². The van der Waals surface area contributed by atoms with Gasteiger partial charge in [-0.2, -0.15) is 5.10 Å². The topological polar surface area (TPSA) is 87.5 Å². The molecule has 33 heavy (non-hydrogen) atoms. The maximum absolute atomic E-state index is 13.2. The molecule has 0 aliphatic carbocycles. The Balaban J connectivity index is 1.55. The van der Waals surface area contributed by atoms with E-state index in [2.05, 4.69) is 10.3 Å². The summed E-state index contributed by atoms with van der Waals surface area (Å²) in [5.41, 5.74) is 1.74. The highest BCUT2D eigenvalue weighted by molar-refractivity contribution is 6.62. The molecule has 172 valence electrons. The van der Waals surface area contributed by atoms with Crippen molar-refractivity contribution in [2.24, 2.45) is 0 Å². The predicted octanol–water partition coefficient (Wildman–Crippen LogP) is 3.68. The number of anilines is 1. The van der Waals surface area contributed by atoms with Crippen LogP contribution in [-0.2, 0) is 14.0 Å². The van der Waals surface area contributed by atoms with E-state index in [9.17, 15) is 4.79 Å². The zero-order chi connectivity index (χ0) is 23.2. The Morgan fingerprint density at radius 3 is 2.61 bits per heavy atom. The summed E-state index contributed by atoms with van der Waals surface area (Å²) in [6, 6.07) is 9.47. The molecule has 2 saturated heterocycles. The summed E-state index contributed by atoms with van der Waals surface area (Å²) in [4.78, 5) is 17.3. The SMILES string of the molecule is CC1(C)OB(c2ccc3c(c2)c(C(=O)Nc2cccnc2)nn3C2CCCCO2)OC1(C)C. The Morgan fingerprint density at radius 1 is 1.15 bits per heavy atom. The van der Waals surface area contributed by atoms with Crippen molar-refractivity contribution in [1.29, 1.82) is 0 Å². The number of rotatable bonds is 4. The van der Waals surface area contributed by atoms with E-state index in [1.807, 2.05) is 50.6 Å². The number of nitrogens with one attached hydrogen (secondary N) is 1. The maximum atomic E-state index is 13.2. The molecule has 1 atom stereocenters. The first kappa shape index (κ1) is 22.1. The average Bonchev–Trinajstić information content (AvgIpc) is 3.28. The van der Waals surface area contributed by atoms with Crippen molar-refractivity contribution in [1.82, 2.24) is 14.8 Å². The van der Waals surface area contributed by atoms with Gasteiger partial charge < -0.3 is 19.4 Å². The van der Waals surface area contributed by atoms with Gasteiger partial charge in [-0.05, 0) is 70.6 Å². The van der Waals surface area contributed by atoms with Crippen LogP contribution in [0.25, 0.3) is 10.9 Å². The van der Waals surface area contributed by atoms with E-state index in [0.29, 0.717) is 18.0 Å². The Morgan fingerprint density at radius 2 is 1.94 bits per heavy atom. The van der Waals surface area contributed by atoms with E-state index in [0.717, 1.165) is 35.6 Å². The first-order valence-electron chi connectivity index (χ1n) is 11.5. The minimum Gasteiger partial charge on any atom is -0.399 e. The molecule has 1 N–H and O–H groups in total. The van der Waals surface area contributed by atoms with Gasteiger partial charge in [0.05, 0.1) is 28.6 Å². The standard InChI is InChI=1S/C24H29BN4O4/c1-23(2)24(3,4)33-25(32-23)16-10-11-19-18(14-16)21(22(30)27-17-8-7-12-26-15-17)28-29(19)20-9-5-6-13-31-20/h7-8,10-12,14-15,20H,5-6,9,13H2,1-4H3,(H,27,30). The van der Waals surface area contributed by atoms with Crippen LogP contribution < -0.4 is 10.8 Å². The lowest BCUT2D eigenvalue weighted by atomic mass is 9.78. The van der Waals surface area contributed by atoms with Crippen LogP contribution in [0.5, 0.6) is 0 Å². The number of benzene rings is 1. The third-order valence-corrected chi connectivity index (χ3v) is 6.82. The summed E-state index contributed by atoms with van der Waals surface area (Å²) in [5.74, 6) is -0.298. The van der Waals surface area contributed by atoms with Crippen LogP contribution in [0, 0.1) is 0 Å². The van der Waals surface area contributed by atoms with Crippen molar-refractivity contribution in [3.63, 3.8) is 0 Å². The van der Waals surface area contributed by atoms with E-state index in [1.165, 1.54) is 0 Å². The summed E-state index contributed by atoms with van der Waals surface area (Å²) in [5, 5.41) is 8.35. The molecule has 2 aliphatic rings. The Kier molecular flexibility index (Phi) is 5.51. The summed E-state index contributed by atoms with van der Waals surface area (Å²) in [6.07, 6.45) is 6.04. The second kappa shape index (κ2) is 8.24. The van der Waals surface area contributed by atoms with Crippen molar-refractivity contribution in [2.75, 3.05) is 11.9 Å². The number of amides is 1. The lowest BCUT2D eigenvalue weighted by Crippen LogP contribution is -2.41. The quantitative estimate of drug-likeness (QED) is 0.613. The second-order valence-corrected chi connectivity index (χ2v) is 9.68. The summed E-state index contributed by atoms with van der Waals surface area (Å²) >= 11 is 0. The van der Waals surface area contributed by atoms with E-state index in [1.54, 1.807) is 24.5 Å². The highest BCUT2D eigenvalue weighted by atomic mass is 16.7. The molecule has 2 aromatic heterocycles. The van der Waals surface area contributed by atoms with Gasteiger partial charge in [0.15, 0.2) is 11.9 Å². The fraction of sp³-hybridized carbons (Fsp3) is 0.458. The average molecular weight is 448 g/mol. The van der Waals surface area contributed by atoms with E-state index >= 15 is 0 Å². The molecule has 4 heterocycles. The first-order chi connectivity index (χ1) is 15.7. The van der Waals surface area contributed by atoms with Crippen molar-refractivity contribution >= 4 is 35.1 Å². The largest absolute Gasteiger partial charge is 0.494 e. The molecule has 3 aromatic rings. The zero-order valence-corrected chi connectivity index (χ0v) is 19.5. The Labute approximate surface area is 193 Å². The smallest absolute Gasteiger partial charge is 0.399 e. The Bertz CT molecular complexity index is 1160. The summed E-state index contributed by atoms with van der Waals surface area (Å²) in [7, 11) is -0.525. The third-order valence-electron chi connectivity index (χ3n) is 6.82. The van der Waals surface area contributed by atoms with Crippen LogP contribution >= 0.6 is 0 Å². The molecule has 9 heteroatoms. The van der Waals surface area contributed by atoms with E-state index in [-0.39, 0.29) is 12.1 Å². The van der Waals surface area contributed by atoms with Crippen LogP contribution in [0.2, 0.25) is 0 Å². The van der Waals surface area contributed by atoms with Crippen LogP contribution in [0.1, 0.15) is 63.7 Å². The monoisotopic (exact) mass is 448 g/mol. The third kappa shape index (κ3) is 4.05. The highest BCUT2D eigenvalue weighted by Gasteiger charge is 2.51. The number of nitrogens with zero attached hydrogens (tertiary/aromatic N) is 3. The van der Waals surface area contributed by atoms with E-state index in [4.69, 9.17) is 19.1 Å². The number of aromatic nitrogens is 3. The summed E-state index contributed by atoms with van der Waals surface area (Å²) in [6.45, 7) is 8.79. The maximum Gasteiger partial charge on any atom is 0.494 e. The van der Waals surface area contributed by atoms with Crippen LogP contribution in [0.4, 0.5) is 5.69 Å². The molecule has 1 amide bonds. The molecule has 5 rings (SSSR count). The number of hydrogen-bond donors (Lipinski definition) is 1. The zero-order valence-electron chi connectivity index (χ0n) is 19.5. The molecule has 0 bridgehead atoms. The molecule has 1 aromatic carbocycles. The molecular formula is C24H29BN4O4. The van der Waals surface area contributed by atoms with Gasteiger partial charge in [0.1, 0.15) is 0 Å². The number of carbonyl (C=O) groups is 1. The van der Waals surface area contributed by atoms with Crippen molar-refractivity contribution < 1.29 is 18.8 Å². The highest BCUT2D eigenvalue weighted by Crippen LogP contribution is 2.37. The molecule has 8 nitrogen and oxygen atoms in total. The number of pyridine rings is 1. The van der Waals surface area contributed by atoms with Crippen molar-refractivity contribution in [2.45, 2.75) is 64.4 Å². The van der Waals surface area contributed by atoms with Crippen LogP contribution in [-0.4, -0.2) is 45.6 Å². The number of carbonyl (C=O) groups excluding carboxylic acids is 1. The first-order valence-corrected chi connectivity index (χ1v) is 11.5. The normalized spacial score (nSPS) is 21.9. The van der Waals surface area contributed by atoms with Gasteiger partial charge >= 0.3 is 7.12 Å². The fourth-order valence-electron chi connectivity index (χ4n) is 4.22. The molecule has 2 fully saturated rings. The lowest BCUT2D eigenvalue weighted by molar-refractivity contribution is -0.0367. The van der Waals surface area contributed by atoms with Gasteiger partial charge in [-0.25, -0.2) is 4.68 Å². The molecular weight excluding hydrogens is 419 g/mol. The number of fused-ring (bicyclic) bond motifs is 1. The van der Waals surface area contributed by atoms with Gasteiger partial charge in [-0.1, -0.05) is 12.1 Å². The van der Waals surface area contributed by atoms with Crippen molar-refractivity contribution in [3.05, 3.63) is 48.4 Å². The summed E-state index contributed by atoms with van der Waals surface area (Å²) < 4.78 is 20.3. The predicted molar refractivity (Wildman–Crippen MR) is 126 cm³/mol. The van der Waals surface area contributed by atoms with Gasteiger partial charge in [-0.3, -0.25) is 9.78 Å². The van der Waals surface area contributed by atoms with Gasteiger partial charge in [0, 0.05) is 18.2 Å². The fourth-order valence-corrected chi connectivity index (χ4v) is 4.22. The minimum atomic E-state index is -0.525. The van der Waals surface area contributed by atoms with Crippen LogP contribution in [0.15, 0.2) is 42.7 Å². The number of ether oxygens (including phenoxy) is 1. The molecule has 2 aliphatic heterocycles. The minimum absolute atomic E-state index is 0.191. The lowest BCUT2D eigenvalue weighted by Gasteiger charge is -2.32.